The normalized spacial score (nSPS) is 14.8. The second kappa shape index (κ2) is 9.52. The van der Waals surface area contributed by atoms with Crippen LogP contribution in [0.4, 0.5) is 5.69 Å². The van der Waals surface area contributed by atoms with E-state index in [0.717, 1.165) is 41.0 Å². The average molecular weight is 411 g/mol. The standard InChI is InChI=1S/C25H34N2O3/c1-17-20(16-30-25(2,3)4)7-6-8-22(17)26-15-23(28)27-24(18-9-10-18)19-11-13-21(29-5)14-12-19/h6-8,11-14,18,24,26H,9-10,15-16H2,1-5H3,(H,27,28). The zero-order chi connectivity index (χ0) is 21.7. The number of ether oxygens (including phenoxy) is 2. The minimum atomic E-state index is -0.185. The fraction of sp³-hybridized carbons (Fsp3) is 0.480. The van der Waals surface area contributed by atoms with Crippen molar-refractivity contribution in [3.05, 3.63) is 59.2 Å². The highest BCUT2D eigenvalue weighted by Gasteiger charge is 2.33. The molecule has 30 heavy (non-hydrogen) atoms. The van der Waals surface area contributed by atoms with Gasteiger partial charge in [-0.25, -0.2) is 0 Å². The van der Waals surface area contributed by atoms with Gasteiger partial charge in [-0.2, -0.15) is 0 Å². The summed E-state index contributed by atoms with van der Waals surface area (Å²) in [6.45, 7) is 9.00. The van der Waals surface area contributed by atoms with Gasteiger partial charge in [0.25, 0.3) is 0 Å². The molecule has 0 bridgehead atoms. The molecular formula is C25H34N2O3. The summed E-state index contributed by atoms with van der Waals surface area (Å²) in [4.78, 5) is 12.7. The molecule has 1 aliphatic rings. The number of hydrogen-bond acceptors (Lipinski definition) is 4. The minimum absolute atomic E-state index is 0.00142. The first-order chi connectivity index (χ1) is 14.3. The summed E-state index contributed by atoms with van der Waals surface area (Å²) in [5, 5.41) is 6.51. The number of nitrogens with one attached hydrogen (secondary N) is 2. The molecule has 1 fully saturated rings. The quantitative estimate of drug-likeness (QED) is 0.611. The number of hydrogen-bond donors (Lipinski definition) is 2. The van der Waals surface area contributed by atoms with Crippen LogP contribution in [-0.2, 0) is 16.1 Å². The third-order valence-corrected chi connectivity index (χ3v) is 5.43. The van der Waals surface area contributed by atoms with Gasteiger partial charge in [-0.05, 0) is 81.3 Å². The van der Waals surface area contributed by atoms with Gasteiger partial charge in [0.2, 0.25) is 5.91 Å². The van der Waals surface area contributed by atoms with Crippen LogP contribution in [0.15, 0.2) is 42.5 Å². The molecule has 5 nitrogen and oxygen atoms in total. The fourth-order valence-corrected chi connectivity index (χ4v) is 3.44. The van der Waals surface area contributed by atoms with Crippen LogP contribution in [0.1, 0.15) is 56.3 Å². The lowest BCUT2D eigenvalue weighted by molar-refractivity contribution is -0.120. The maximum atomic E-state index is 12.7. The highest BCUT2D eigenvalue weighted by atomic mass is 16.5. The summed E-state index contributed by atoms with van der Waals surface area (Å²) in [5.41, 5.74) is 4.15. The molecule has 1 saturated carbocycles. The van der Waals surface area contributed by atoms with Gasteiger partial charge in [-0.1, -0.05) is 24.3 Å². The lowest BCUT2D eigenvalue weighted by Gasteiger charge is -2.22. The molecule has 0 heterocycles. The molecule has 0 radical (unpaired) electrons. The van der Waals surface area contributed by atoms with Gasteiger partial charge in [0.1, 0.15) is 5.75 Å². The summed E-state index contributed by atoms with van der Waals surface area (Å²) >= 11 is 0. The summed E-state index contributed by atoms with van der Waals surface area (Å²) < 4.78 is 11.2. The van der Waals surface area contributed by atoms with Gasteiger partial charge in [-0.15, -0.1) is 0 Å². The molecule has 162 valence electrons. The maximum absolute atomic E-state index is 12.7. The Bertz CT molecular complexity index is 852. The van der Waals surface area contributed by atoms with Crippen LogP contribution >= 0.6 is 0 Å². The van der Waals surface area contributed by atoms with Crippen LogP contribution < -0.4 is 15.4 Å². The van der Waals surface area contributed by atoms with Gasteiger partial charge in [0.05, 0.1) is 31.9 Å². The van der Waals surface area contributed by atoms with Crippen LogP contribution in [0.5, 0.6) is 5.75 Å². The molecule has 1 atom stereocenters. The van der Waals surface area contributed by atoms with Crippen molar-refractivity contribution in [2.24, 2.45) is 5.92 Å². The number of carbonyl (C=O) groups is 1. The van der Waals surface area contributed by atoms with Crippen molar-refractivity contribution in [2.75, 3.05) is 19.0 Å². The number of anilines is 1. The summed E-state index contributed by atoms with van der Waals surface area (Å²) in [5.74, 6) is 1.34. The zero-order valence-electron chi connectivity index (χ0n) is 18.7. The van der Waals surface area contributed by atoms with Crippen molar-refractivity contribution in [3.8, 4) is 5.75 Å². The first-order valence-electron chi connectivity index (χ1n) is 10.7. The van der Waals surface area contributed by atoms with E-state index in [9.17, 15) is 4.79 Å². The number of rotatable bonds is 9. The Morgan fingerprint density at radius 3 is 2.43 bits per heavy atom. The van der Waals surface area contributed by atoms with Gasteiger partial charge in [0.15, 0.2) is 0 Å². The number of amides is 1. The minimum Gasteiger partial charge on any atom is -0.497 e. The molecule has 0 spiro atoms. The van der Waals surface area contributed by atoms with Crippen molar-refractivity contribution in [1.29, 1.82) is 0 Å². The predicted octanol–water partition coefficient (Wildman–Crippen LogP) is 5.00. The first-order valence-corrected chi connectivity index (χ1v) is 10.7. The van der Waals surface area contributed by atoms with E-state index in [0.29, 0.717) is 12.5 Å². The monoisotopic (exact) mass is 410 g/mol. The second-order valence-corrected chi connectivity index (χ2v) is 9.00. The number of methoxy groups -OCH3 is 1. The van der Waals surface area contributed by atoms with E-state index in [1.54, 1.807) is 7.11 Å². The molecule has 0 aliphatic heterocycles. The van der Waals surface area contributed by atoms with Crippen LogP contribution in [0.2, 0.25) is 0 Å². The molecular weight excluding hydrogens is 376 g/mol. The van der Waals surface area contributed by atoms with Gasteiger partial charge >= 0.3 is 0 Å². The van der Waals surface area contributed by atoms with Crippen LogP contribution in [0, 0.1) is 12.8 Å². The van der Waals surface area contributed by atoms with E-state index < -0.39 is 0 Å². The molecule has 1 unspecified atom stereocenters. The second-order valence-electron chi connectivity index (χ2n) is 9.00. The fourth-order valence-electron chi connectivity index (χ4n) is 3.44. The summed E-state index contributed by atoms with van der Waals surface area (Å²) in [6, 6.07) is 14.1. The lowest BCUT2D eigenvalue weighted by atomic mass is 10.0. The predicted molar refractivity (Wildman–Crippen MR) is 121 cm³/mol. The van der Waals surface area contributed by atoms with E-state index >= 15 is 0 Å². The Kier molecular flexibility index (Phi) is 7.03. The van der Waals surface area contributed by atoms with E-state index in [1.807, 2.05) is 57.2 Å². The van der Waals surface area contributed by atoms with Crippen LogP contribution in [0.3, 0.4) is 0 Å². The molecule has 2 aromatic rings. The lowest BCUT2D eigenvalue weighted by Crippen LogP contribution is -2.34. The SMILES string of the molecule is COc1ccc(C(NC(=O)CNc2cccc(COC(C)(C)C)c2C)C2CC2)cc1. The highest BCUT2D eigenvalue weighted by Crippen LogP contribution is 2.41. The van der Waals surface area contributed by atoms with E-state index in [-0.39, 0.29) is 24.1 Å². The third kappa shape index (κ3) is 6.23. The number of carbonyl (C=O) groups excluding carboxylic acids is 1. The van der Waals surface area contributed by atoms with Gasteiger partial charge in [0, 0.05) is 5.69 Å². The van der Waals surface area contributed by atoms with Crippen molar-refractivity contribution >= 4 is 11.6 Å². The van der Waals surface area contributed by atoms with Gasteiger partial charge < -0.3 is 20.1 Å². The zero-order valence-corrected chi connectivity index (χ0v) is 18.7. The van der Waals surface area contributed by atoms with Crippen molar-refractivity contribution < 1.29 is 14.3 Å². The Balaban J connectivity index is 1.59. The molecule has 2 N–H and O–H groups in total. The molecule has 2 aromatic carbocycles. The largest absolute Gasteiger partial charge is 0.497 e. The van der Waals surface area contributed by atoms with Crippen LogP contribution in [0.25, 0.3) is 0 Å². The van der Waals surface area contributed by atoms with E-state index in [1.165, 1.54) is 0 Å². The Morgan fingerprint density at radius 2 is 1.83 bits per heavy atom. The molecule has 3 rings (SSSR count). The molecule has 1 aliphatic carbocycles. The van der Waals surface area contributed by atoms with Gasteiger partial charge in [-0.3, -0.25) is 4.79 Å². The Hall–Kier alpha value is -2.53. The van der Waals surface area contributed by atoms with E-state index in [2.05, 4.69) is 23.6 Å². The summed E-state index contributed by atoms with van der Waals surface area (Å²) in [7, 11) is 1.66. The molecule has 1 amide bonds. The Morgan fingerprint density at radius 1 is 1.13 bits per heavy atom. The molecule has 0 saturated heterocycles. The molecule has 5 heteroatoms. The summed E-state index contributed by atoms with van der Waals surface area (Å²) in [6.07, 6.45) is 2.30. The topological polar surface area (TPSA) is 59.6 Å². The third-order valence-electron chi connectivity index (χ3n) is 5.43. The van der Waals surface area contributed by atoms with E-state index in [4.69, 9.17) is 9.47 Å². The average Bonchev–Trinajstić information content (AvgIpc) is 3.55. The highest BCUT2D eigenvalue weighted by molar-refractivity contribution is 5.81. The number of benzene rings is 2. The first kappa shape index (κ1) is 22.2. The van der Waals surface area contributed by atoms with Crippen molar-refractivity contribution in [3.63, 3.8) is 0 Å². The van der Waals surface area contributed by atoms with Crippen molar-refractivity contribution in [1.82, 2.24) is 5.32 Å². The Labute approximate surface area is 180 Å². The smallest absolute Gasteiger partial charge is 0.239 e. The molecule has 0 aromatic heterocycles. The maximum Gasteiger partial charge on any atom is 0.239 e. The van der Waals surface area contributed by atoms with Crippen molar-refractivity contribution in [2.45, 2.75) is 58.8 Å². The van der Waals surface area contributed by atoms with Crippen LogP contribution in [-0.4, -0.2) is 25.2 Å².